The Labute approximate surface area is 195 Å². The van der Waals surface area contributed by atoms with Gasteiger partial charge >= 0.3 is 0 Å². The zero-order valence-electron chi connectivity index (χ0n) is 19.1. The Hall–Kier alpha value is -3.69. The van der Waals surface area contributed by atoms with Gasteiger partial charge in [-0.3, -0.25) is 14.0 Å². The van der Waals surface area contributed by atoms with Gasteiger partial charge in [-0.25, -0.2) is 9.37 Å². The van der Waals surface area contributed by atoms with Crippen LogP contribution in [0, 0.1) is 12.7 Å². The maximum Gasteiger partial charge on any atom is 0.187 e. The summed E-state index contributed by atoms with van der Waals surface area (Å²) >= 11 is 0. The van der Waals surface area contributed by atoms with Crippen LogP contribution in [0.5, 0.6) is 0 Å². The highest BCUT2D eigenvalue weighted by Crippen LogP contribution is 2.30. The van der Waals surface area contributed by atoms with Gasteiger partial charge in [0.1, 0.15) is 11.5 Å². The molecule has 6 rings (SSSR count). The molecule has 1 saturated heterocycles. The summed E-state index contributed by atoms with van der Waals surface area (Å²) < 4.78 is 18.6. The maximum atomic E-state index is 14.9. The average Bonchev–Trinajstić information content (AvgIpc) is 3.52. The van der Waals surface area contributed by atoms with Crippen LogP contribution >= 0.6 is 0 Å². The molecule has 0 spiro atoms. The van der Waals surface area contributed by atoms with Gasteiger partial charge in [0.2, 0.25) is 0 Å². The van der Waals surface area contributed by atoms with E-state index in [0.717, 1.165) is 48.3 Å². The molecule has 4 aromatic heterocycles. The zero-order valence-corrected chi connectivity index (χ0v) is 19.1. The molecule has 8 nitrogen and oxygen atoms in total. The van der Waals surface area contributed by atoms with Crippen molar-refractivity contribution >= 4 is 16.6 Å². The predicted octanol–water partition coefficient (Wildman–Crippen LogP) is 3.33. The lowest BCUT2D eigenvalue weighted by Crippen LogP contribution is -2.26. The molecule has 34 heavy (non-hydrogen) atoms. The number of hydrogen-bond donors (Lipinski definition) is 1. The number of halogens is 1. The first kappa shape index (κ1) is 20.9. The molecule has 5 heterocycles. The van der Waals surface area contributed by atoms with Gasteiger partial charge in [-0.15, -0.1) is 10.2 Å². The second kappa shape index (κ2) is 7.96. The summed E-state index contributed by atoms with van der Waals surface area (Å²) in [5.41, 5.74) is 11.5. The largest absolute Gasteiger partial charge is 0.326 e. The molecule has 1 aliphatic heterocycles. The molecular weight excluding hydrogens is 431 g/mol. The number of hydrogen-bond acceptors (Lipinski definition) is 6. The minimum atomic E-state index is -0.294. The van der Waals surface area contributed by atoms with Crippen molar-refractivity contribution in [2.45, 2.75) is 25.9 Å². The first-order valence-corrected chi connectivity index (χ1v) is 11.4. The lowest BCUT2D eigenvalue weighted by atomic mass is 10.0. The zero-order chi connectivity index (χ0) is 23.4. The maximum absolute atomic E-state index is 14.9. The summed E-state index contributed by atoms with van der Waals surface area (Å²) in [6.07, 6.45) is 4.78. The highest BCUT2D eigenvalue weighted by Gasteiger charge is 2.20. The molecule has 1 unspecified atom stereocenters. The summed E-state index contributed by atoms with van der Waals surface area (Å²) in [4.78, 5) is 7.19. The third-order valence-electron chi connectivity index (χ3n) is 6.71. The lowest BCUT2D eigenvalue weighted by Gasteiger charge is -2.15. The smallest absolute Gasteiger partial charge is 0.187 e. The summed E-state index contributed by atoms with van der Waals surface area (Å²) in [6, 6.07) is 11.3. The van der Waals surface area contributed by atoms with Gasteiger partial charge in [-0.05, 0) is 43.2 Å². The van der Waals surface area contributed by atoms with Crippen LogP contribution < -0.4 is 5.73 Å². The minimum absolute atomic E-state index is 0.251. The molecule has 1 aliphatic rings. The lowest BCUT2D eigenvalue weighted by molar-refractivity contribution is 0.326. The van der Waals surface area contributed by atoms with E-state index in [1.807, 2.05) is 36.6 Å². The van der Waals surface area contributed by atoms with Gasteiger partial charge in [0.15, 0.2) is 11.5 Å². The Balaban J connectivity index is 1.40. The quantitative estimate of drug-likeness (QED) is 0.446. The summed E-state index contributed by atoms with van der Waals surface area (Å²) in [7, 11) is 1.84. The van der Waals surface area contributed by atoms with E-state index in [4.69, 9.17) is 10.7 Å². The van der Waals surface area contributed by atoms with Crippen LogP contribution in [-0.4, -0.2) is 53.4 Å². The number of aryl methyl sites for hydroxylation is 1. The van der Waals surface area contributed by atoms with Gasteiger partial charge < -0.3 is 5.73 Å². The average molecular weight is 457 g/mol. The summed E-state index contributed by atoms with van der Waals surface area (Å²) in [6.45, 7) is 4.68. The van der Waals surface area contributed by atoms with Crippen molar-refractivity contribution in [2.24, 2.45) is 12.8 Å². The topological polar surface area (TPSA) is 90.2 Å². The van der Waals surface area contributed by atoms with E-state index in [-0.39, 0.29) is 11.9 Å². The fourth-order valence-electron chi connectivity index (χ4n) is 4.70. The van der Waals surface area contributed by atoms with Crippen LogP contribution in [0.1, 0.15) is 17.7 Å². The standard InChI is InChI=1S/C25H25FN8/c1-15-20(11-28-32(15)2)19-10-23-17(9-21(19)26)4-5-22(29-23)25-31-30-24-6-3-16(13-34(24)25)12-33-8-7-18(27)14-33/h3-6,9-11,13,18H,7-8,12,14,27H2,1-2H3. The molecule has 1 fully saturated rings. The molecule has 0 saturated carbocycles. The first-order chi connectivity index (χ1) is 16.5. The van der Waals surface area contributed by atoms with Crippen LogP contribution in [0.4, 0.5) is 4.39 Å². The molecule has 9 heteroatoms. The Morgan fingerprint density at radius 2 is 2.00 bits per heavy atom. The normalized spacial score (nSPS) is 16.8. The minimum Gasteiger partial charge on any atom is -0.326 e. The van der Waals surface area contributed by atoms with E-state index in [0.29, 0.717) is 22.6 Å². The van der Waals surface area contributed by atoms with Crippen molar-refractivity contribution in [3.8, 4) is 22.6 Å². The number of benzene rings is 1. The molecule has 0 radical (unpaired) electrons. The van der Waals surface area contributed by atoms with Crippen LogP contribution in [0.15, 0.2) is 48.8 Å². The Kier molecular flexibility index (Phi) is 4.89. The summed E-state index contributed by atoms with van der Waals surface area (Å²) in [5.74, 6) is 0.359. The number of nitrogens with zero attached hydrogens (tertiary/aromatic N) is 7. The molecule has 0 amide bonds. The van der Waals surface area contributed by atoms with E-state index < -0.39 is 0 Å². The van der Waals surface area contributed by atoms with Crippen molar-refractivity contribution in [3.05, 3.63) is 65.9 Å². The third-order valence-corrected chi connectivity index (χ3v) is 6.71. The number of rotatable bonds is 4. The Morgan fingerprint density at radius 3 is 2.76 bits per heavy atom. The number of likely N-dealkylation sites (tertiary alicyclic amines) is 1. The van der Waals surface area contributed by atoms with Crippen LogP contribution in [-0.2, 0) is 13.6 Å². The van der Waals surface area contributed by atoms with Gasteiger partial charge in [0.25, 0.3) is 0 Å². The van der Waals surface area contributed by atoms with Crippen molar-refractivity contribution < 1.29 is 4.39 Å². The molecule has 0 bridgehead atoms. The van der Waals surface area contributed by atoms with E-state index in [2.05, 4.69) is 32.5 Å². The molecule has 5 aromatic rings. The van der Waals surface area contributed by atoms with E-state index in [9.17, 15) is 4.39 Å². The number of fused-ring (bicyclic) bond motifs is 2. The van der Waals surface area contributed by atoms with E-state index in [1.54, 1.807) is 16.9 Å². The van der Waals surface area contributed by atoms with Gasteiger partial charge in [0, 0.05) is 61.1 Å². The number of pyridine rings is 2. The van der Waals surface area contributed by atoms with Gasteiger partial charge in [-0.2, -0.15) is 5.10 Å². The highest BCUT2D eigenvalue weighted by molar-refractivity contribution is 5.86. The highest BCUT2D eigenvalue weighted by atomic mass is 19.1. The Morgan fingerprint density at radius 1 is 1.12 bits per heavy atom. The first-order valence-electron chi connectivity index (χ1n) is 11.4. The SMILES string of the molecule is Cc1c(-c2cc3nc(-c4nnc5ccc(CN6CCC(N)C6)cn45)ccc3cc2F)cnn1C. The third kappa shape index (κ3) is 3.53. The van der Waals surface area contributed by atoms with Gasteiger partial charge in [0.05, 0.1) is 11.7 Å². The second-order valence-electron chi connectivity index (χ2n) is 9.06. The van der Waals surface area contributed by atoms with Crippen molar-refractivity contribution in [1.29, 1.82) is 0 Å². The van der Waals surface area contributed by atoms with Crippen LogP contribution in [0.3, 0.4) is 0 Å². The number of aromatic nitrogens is 6. The van der Waals surface area contributed by atoms with Crippen LogP contribution in [0.25, 0.3) is 39.2 Å². The van der Waals surface area contributed by atoms with Crippen molar-refractivity contribution in [1.82, 2.24) is 34.3 Å². The fourth-order valence-corrected chi connectivity index (χ4v) is 4.70. The van der Waals surface area contributed by atoms with E-state index >= 15 is 0 Å². The van der Waals surface area contributed by atoms with Crippen molar-refractivity contribution in [3.63, 3.8) is 0 Å². The monoisotopic (exact) mass is 456 g/mol. The Bertz CT molecular complexity index is 1540. The number of nitrogens with two attached hydrogens (primary N) is 1. The predicted molar refractivity (Wildman–Crippen MR) is 128 cm³/mol. The summed E-state index contributed by atoms with van der Waals surface area (Å²) in [5, 5.41) is 13.7. The molecule has 1 atom stereocenters. The molecule has 2 N–H and O–H groups in total. The van der Waals surface area contributed by atoms with Gasteiger partial charge in [-0.1, -0.05) is 12.1 Å². The fraction of sp³-hybridized carbons (Fsp3) is 0.280. The molecule has 1 aromatic carbocycles. The molecule has 0 aliphatic carbocycles. The molecular formula is C25H25FN8. The second-order valence-corrected chi connectivity index (χ2v) is 9.06. The van der Waals surface area contributed by atoms with Crippen molar-refractivity contribution in [2.75, 3.05) is 13.1 Å². The molecule has 172 valence electrons. The van der Waals surface area contributed by atoms with E-state index in [1.165, 1.54) is 11.6 Å². The van der Waals surface area contributed by atoms with Crippen LogP contribution in [0.2, 0.25) is 0 Å².